The van der Waals surface area contributed by atoms with Crippen molar-refractivity contribution in [3.8, 4) is 5.75 Å². The summed E-state index contributed by atoms with van der Waals surface area (Å²) in [5.74, 6) is 0.198. The van der Waals surface area contributed by atoms with Crippen LogP contribution < -0.4 is 20.9 Å². The minimum atomic E-state index is -3.48. The SMILES string of the molecule is COc1cccc(C(=O)NNC(=S)Nc2ccc(S(=O)(=O)N3CCCCC3)cc2)c1. The van der Waals surface area contributed by atoms with Gasteiger partial charge in [-0.2, -0.15) is 4.31 Å². The first-order valence-corrected chi connectivity index (χ1v) is 11.4. The van der Waals surface area contributed by atoms with Gasteiger partial charge < -0.3 is 10.1 Å². The number of rotatable bonds is 5. The van der Waals surface area contributed by atoms with Gasteiger partial charge in [-0.1, -0.05) is 12.5 Å². The zero-order valence-electron chi connectivity index (χ0n) is 16.6. The monoisotopic (exact) mass is 448 g/mol. The second-order valence-corrected chi connectivity index (χ2v) is 9.10. The zero-order chi connectivity index (χ0) is 21.6. The summed E-state index contributed by atoms with van der Waals surface area (Å²) >= 11 is 5.17. The number of hydrogen-bond acceptors (Lipinski definition) is 5. The summed E-state index contributed by atoms with van der Waals surface area (Å²) in [4.78, 5) is 12.4. The highest BCUT2D eigenvalue weighted by Crippen LogP contribution is 2.22. The lowest BCUT2D eigenvalue weighted by Gasteiger charge is -2.25. The molecule has 0 saturated carbocycles. The molecule has 10 heteroatoms. The third kappa shape index (κ3) is 5.47. The smallest absolute Gasteiger partial charge is 0.269 e. The number of ether oxygens (including phenoxy) is 1. The summed E-state index contributed by atoms with van der Waals surface area (Å²) in [6, 6.07) is 13.1. The van der Waals surface area contributed by atoms with Crippen molar-refractivity contribution in [2.75, 3.05) is 25.5 Å². The van der Waals surface area contributed by atoms with Crippen LogP contribution in [0.5, 0.6) is 5.75 Å². The van der Waals surface area contributed by atoms with E-state index in [0.717, 1.165) is 19.3 Å². The molecule has 0 atom stereocenters. The van der Waals surface area contributed by atoms with Gasteiger partial charge in [-0.25, -0.2) is 8.42 Å². The Morgan fingerprint density at radius 1 is 1.03 bits per heavy atom. The van der Waals surface area contributed by atoms with Gasteiger partial charge in [0.15, 0.2) is 5.11 Å². The van der Waals surface area contributed by atoms with Crippen molar-refractivity contribution in [3.63, 3.8) is 0 Å². The number of hydrogen-bond donors (Lipinski definition) is 3. The number of hydrazine groups is 1. The maximum absolute atomic E-state index is 12.7. The van der Waals surface area contributed by atoms with E-state index in [1.165, 1.54) is 11.4 Å². The highest BCUT2D eigenvalue weighted by atomic mass is 32.2. The van der Waals surface area contributed by atoms with E-state index >= 15 is 0 Å². The molecule has 1 saturated heterocycles. The lowest BCUT2D eigenvalue weighted by atomic mass is 10.2. The van der Waals surface area contributed by atoms with Crippen LogP contribution >= 0.6 is 12.2 Å². The molecule has 1 heterocycles. The van der Waals surface area contributed by atoms with Gasteiger partial charge in [-0.15, -0.1) is 0 Å². The number of nitrogens with zero attached hydrogens (tertiary/aromatic N) is 1. The van der Waals surface area contributed by atoms with Crippen molar-refractivity contribution >= 4 is 38.9 Å². The fourth-order valence-electron chi connectivity index (χ4n) is 3.08. The Morgan fingerprint density at radius 3 is 2.40 bits per heavy atom. The number of thiocarbonyl (C=S) groups is 1. The molecule has 0 unspecified atom stereocenters. The van der Waals surface area contributed by atoms with E-state index in [0.29, 0.717) is 30.1 Å². The van der Waals surface area contributed by atoms with E-state index in [4.69, 9.17) is 17.0 Å². The number of sulfonamides is 1. The molecule has 0 radical (unpaired) electrons. The van der Waals surface area contributed by atoms with Gasteiger partial charge in [-0.3, -0.25) is 15.6 Å². The summed E-state index contributed by atoms with van der Waals surface area (Å²) in [7, 11) is -1.95. The Bertz CT molecular complexity index is 1000. The minimum absolute atomic E-state index is 0.165. The summed E-state index contributed by atoms with van der Waals surface area (Å²) < 4.78 is 32.0. The van der Waals surface area contributed by atoms with Crippen LogP contribution in [0.4, 0.5) is 5.69 Å². The molecule has 0 aromatic heterocycles. The Hall–Kier alpha value is -2.69. The molecule has 3 rings (SSSR count). The average molecular weight is 449 g/mol. The highest BCUT2D eigenvalue weighted by molar-refractivity contribution is 7.89. The van der Waals surface area contributed by atoms with Gasteiger partial charge in [0.1, 0.15) is 5.75 Å². The summed E-state index contributed by atoms with van der Waals surface area (Å²) in [6.07, 6.45) is 2.84. The van der Waals surface area contributed by atoms with E-state index in [-0.39, 0.29) is 15.9 Å². The first-order chi connectivity index (χ1) is 14.4. The lowest BCUT2D eigenvalue weighted by Crippen LogP contribution is -2.43. The molecular weight excluding hydrogens is 424 g/mol. The van der Waals surface area contributed by atoms with E-state index < -0.39 is 10.0 Å². The van der Waals surface area contributed by atoms with Crippen molar-refractivity contribution in [1.29, 1.82) is 0 Å². The molecule has 0 aliphatic carbocycles. The van der Waals surface area contributed by atoms with Gasteiger partial charge >= 0.3 is 0 Å². The standard InChI is InChI=1S/C20H24N4O4S2/c1-28-17-7-5-6-15(14-17)19(25)22-23-20(29)21-16-8-10-18(11-9-16)30(26,27)24-12-3-2-4-13-24/h5-11,14H,2-4,12-13H2,1H3,(H,22,25)(H2,21,23,29). The fourth-order valence-corrected chi connectivity index (χ4v) is 4.76. The number of anilines is 1. The quantitative estimate of drug-likeness (QED) is 0.477. The molecule has 0 bridgehead atoms. The van der Waals surface area contributed by atoms with Gasteiger partial charge in [0, 0.05) is 24.3 Å². The second kappa shape index (κ2) is 9.88. The van der Waals surface area contributed by atoms with Crippen molar-refractivity contribution in [1.82, 2.24) is 15.2 Å². The van der Waals surface area contributed by atoms with Crippen LogP contribution in [0.15, 0.2) is 53.4 Å². The topological polar surface area (TPSA) is 99.8 Å². The first-order valence-electron chi connectivity index (χ1n) is 9.52. The molecule has 160 valence electrons. The van der Waals surface area contributed by atoms with Crippen molar-refractivity contribution in [2.45, 2.75) is 24.2 Å². The van der Waals surface area contributed by atoms with E-state index in [1.54, 1.807) is 48.5 Å². The molecule has 2 aromatic rings. The van der Waals surface area contributed by atoms with Crippen LogP contribution in [0.25, 0.3) is 0 Å². The van der Waals surface area contributed by atoms with Crippen LogP contribution in [0.2, 0.25) is 0 Å². The minimum Gasteiger partial charge on any atom is -0.497 e. The maximum Gasteiger partial charge on any atom is 0.269 e. The average Bonchev–Trinajstić information content (AvgIpc) is 2.78. The van der Waals surface area contributed by atoms with Crippen LogP contribution in [-0.4, -0.2) is 43.9 Å². The predicted octanol–water partition coefficient (Wildman–Crippen LogP) is 2.50. The number of piperidine rings is 1. The molecule has 8 nitrogen and oxygen atoms in total. The summed E-state index contributed by atoms with van der Waals surface area (Å²) in [6.45, 7) is 1.12. The number of carbonyl (C=O) groups is 1. The number of carbonyl (C=O) groups excluding carboxylic acids is 1. The number of amides is 1. The number of methoxy groups -OCH3 is 1. The molecule has 1 aliphatic rings. The van der Waals surface area contributed by atoms with Gasteiger partial charge in [0.25, 0.3) is 5.91 Å². The van der Waals surface area contributed by atoms with Crippen molar-refractivity contribution in [2.24, 2.45) is 0 Å². The Balaban J connectivity index is 1.54. The van der Waals surface area contributed by atoms with Crippen LogP contribution in [0, 0.1) is 0 Å². The maximum atomic E-state index is 12.7. The third-order valence-electron chi connectivity index (χ3n) is 4.69. The third-order valence-corrected chi connectivity index (χ3v) is 6.80. The lowest BCUT2D eigenvalue weighted by molar-refractivity contribution is 0.0944. The normalized spacial score (nSPS) is 14.6. The molecule has 2 aromatic carbocycles. The molecule has 3 N–H and O–H groups in total. The summed E-state index contributed by atoms with van der Waals surface area (Å²) in [5.41, 5.74) is 6.13. The predicted molar refractivity (Wildman–Crippen MR) is 119 cm³/mol. The zero-order valence-corrected chi connectivity index (χ0v) is 18.2. The molecular formula is C20H24N4O4S2. The van der Waals surface area contributed by atoms with Crippen LogP contribution in [0.1, 0.15) is 29.6 Å². The number of nitrogens with one attached hydrogen (secondary N) is 3. The largest absolute Gasteiger partial charge is 0.497 e. The molecule has 1 aliphatic heterocycles. The Kier molecular flexibility index (Phi) is 7.24. The molecule has 30 heavy (non-hydrogen) atoms. The number of benzene rings is 2. The van der Waals surface area contributed by atoms with Crippen molar-refractivity contribution in [3.05, 3.63) is 54.1 Å². The highest BCUT2D eigenvalue weighted by Gasteiger charge is 2.25. The second-order valence-electron chi connectivity index (χ2n) is 6.75. The molecule has 1 amide bonds. The first kappa shape index (κ1) is 22.0. The van der Waals surface area contributed by atoms with E-state index in [1.807, 2.05) is 0 Å². The van der Waals surface area contributed by atoms with Crippen molar-refractivity contribution < 1.29 is 17.9 Å². The van der Waals surface area contributed by atoms with Crippen LogP contribution in [0.3, 0.4) is 0 Å². The summed E-state index contributed by atoms with van der Waals surface area (Å²) in [5, 5.41) is 3.07. The molecule has 1 fully saturated rings. The Morgan fingerprint density at radius 2 is 1.73 bits per heavy atom. The van der Waals surface area contributed by atoms with Gasteiger partial charge in [0.05, 0.1) is 12.0 Å². The van der Waals surface area contributed by atoms with Crippen LogP contribution in [-0.2, 0) is 10.0 Å². The van der Waals surface area contributed by atoms with Gasteiger partial charge in [-0.05, 0) is 67.5 Å². The Labute approximate surface area is 181 Å². The van der Waals surface area contributed by atoms with E-state index in [2.05, 4.69) is 16.2 Å². The van der Waals surface area contributed by atoms with Gasteiger partial charge in [0.2, 0.25) is 10.0 Å². The molecule has 0 spiro atoms. The van der Waals surface area contributed by atoms with E-state index in [9.17, 15) is 13.2 Å². The fraction of sp³-hybridized carbons (Fsp3) is 0.300.